The normalized spacial score (nSPS) is 22.9. The SMILES string of the molecule is CC1C2=C(C=CCC2)Cc2c(N)cccc21. The molecule has 2 N–H and O–H groups in total. The predicted molar refractivity (Wildman–Crippen MR) is 68.4 cm³/mol. The minimum absolute atomic E-state index is 0.548. The summed E-state index contributed by atoms with van der Waals surface area (Å²) < 4.78 is 0. The maximum absolute atomic E-state index is 6.08. The van der Waals surface area contributed by atoms with E-state index in [2.05, 4.69) is 31.2 Å². The molecular formula is C15H17N. The van der Waals surface area contributed by atoms with Crippen LogP contribution in [0.3, 0.4) is 0 Å². The van der Waals surface area contributed by atoms with Crippen LogP contribution in [-0.2, 0) is 6.42 Å². The molecule has 0 saturated heterocycles. The van der Waals surface area contributed by atoms with E-state index in [4.69, 9.17) is 5.73 Å². The molecule has 0 bridgehead atoms. The molecule has 82 valence electrons. The number of rotatable bonds is 0. The zero-order chi connectivity index (χ0) is 11.1. The number of nitrogen functional groups attached to an aromatic ring is 1. The van der Waals surface area contributed by atoms with Gasteiger partial charge in [-0.2, -0.15) is 0 Å². The van der Waals surface area contributed by atoms with Crippen LogP contribution in [0.15, 0.2) is 41.5 Å². The summed E-state index contributed by atoms with van der Waals surface area (Å²) in [6.07, 6.45) is 8.03. The van der Waals surface area contributed by atoms with Crippen LogP contribution in [0.5, 0.6) is 0 Å². The molecule has 0 spiro atoms. The van der Waals surface area contributed by atoms with Crippen LogP contribution in [0.1, 0.15) is 36.8 Å². The van der Waals surface area contributed by atoms with Gasteiger partial charge in [-0.3, -0.25) is 0 Å². The summed E-state index contributed by atoms with van der Waals surface area (Å²) in [7, 11) is 0. The first-order valence-corrected chi connectivity index (χ1v) is 6.03. The smallest absolute Gasteiger partial charge is 0.0352 e. The highest BCUT2D eigenvalue weighted by Gasteiger charge is 2.25. The van der Waals surface area contributed by atoms with E-state index in [1.165, 1.54) is 29.5 Å². The lowest BCUT2D eigenvalue weighted by atomic mass is 9.75. The summed E-state index contributed by atoms with van der Waals surface area (Å²) in [5.41, 5.74) is 12.9. The Bertz CT molecular complexity index is 494. The third-order valence-corrected chi connectivity index (χ3v) is 3.92. The Morgan fingerprint density at radius 2 is 2.19 bits per heavy atom. The van der Waals surface area contributed by atoms with Gasteiger partial charge < -0.3 is 5.73 Å². The van der Waals surface area contributed by atoms with Crippen LogP contribution in [0.4, 0.5) is 5.69 Å². The summed E-state index contributed by atoms with van der Waals surface area (Å²) in [4.78, 5) is 0. The van der Waals surface area contributed by atoms with E-state index in [1.54, 1.807) is 5.57 Å². The highest BCUT2D eigenvalue weighted by Crippen LogP contribution is 2.41. The largest absolute Gasteiger partial charge is 0.398 e. The number of nitrogens with two attached hydrogens (primary N) is 1. The van der Waals surface area contributed by atoms with Gasteiger partial charge in [-0.1, -0.05) is 36.8 Å². The molecule has 2 aliphatic rings. The second-order valence-corrected chi connectivity index (χ2v) is 4.81. The van der Waals surface area contributed by atoms with Gasteiger partial charge in [0, 0.05) is 11.6 Å². The molecule has 0 fully saturated rings. The molecule has 1 aromatic carbocycles. The maximum atomic E-state index is 6.08. The van der Waals surface area contributed by atoms with Crippen molar-refractivity contribution in [2.75, 3.05) is 5.73 Å². The minimum atomic E-state index is 0.548. The predicted octanol–water partition coefficient (Wildman–Crippen LogP) is 3.58. The van der Waals surface area contributed by atoms with Crippen molar-refractivity contribution in [1.29, 1.82) is 0 Å². The lowest BCUT2D eigenvalue weighted by Gasteiger charge is -2.30. The van der Waals surface area contributed by atoms with Crippen molar-refractivity contribution in [2.45, 2.75) is 32.1 Å². The van der Waals surface area contributed by atoms with Gasteiger partial charge in [-0.15, -0.1) is 0 Å². The van der Waals surface area contributed by atoms with Crippen molar-refractivity contribution in [3.8, 4) is 0 Å². The van der Waals surface area contributed by atoms with Gasteiger partial charge >= 0.3 is 0 Å². The quantitative estimate of drug-likeness (QED) is 0.652. The van der Waals surface area contributed by atoms with Crippen LogP contribution in [0.2, 0.25) is 0 Å². The number of fused-ring (bicyclic) bond motifs is 1. The maximum Gasteiger partial charge on any atom is 0.0352 e. The molecule has 1 heteroatoms. The molecule has 0 aromatic heterocycles. The van der Waals surface area contributed by atoms with Crippen LogP contribution < -0.4 is 5.73 Å². The fourth-order valence-corrected chi connectivity index (χ4v) is 3.01. The van der Waals surface area contributed by atoms with Crippen molar-refractivity contribution >= 4 is 5.69 Å². The van der Waals surface area contributed by atoms with Gasteiger partial charge in [0.05, 0.1) is 0 Å². The summed E-state index contributed by atoms with van der Waals surface area (Å²) in [5.74, 6) is 0.548. The van der Waals surface area contributed by atoms with E-state index in [0.717, 1.165) is 12.1 Å². The van der Waals surface area contributed by atoms with Crippen LogP contribution in [0.25, 0.3) is 0 Å². The summed E-state index contributed by atoms with van der Waals surface area (Å²) in [6, 6.07) is 6.33. The molecule has 1 nitrogen and oxygen atoms in total. The van der Waals surface area contributed by atoms with Crippen LogP contribution >= 0.6 is 0 Å². The zero-order valence-corrected chi connectivity index (χ0v) is 9.66. The van der Waals surface area contributed by atoms with Crippen LogP contribution in [0, 0.1) is 0 Å². The first kappa shape index (κ1) is 9.71. The second kappa shape index (κ2) is 3.51. The van der Waals surface area contributed by atoms with E-state index in [-0.39, 0.29) is 0 Å². The average Bonchev–Trinajstić information content (AvgIpc) is 2.31. The molecule has 1 atom stereocenters. The Morgan fingerprint density at radius 3 is 3.06 bits per heavy atom. The summed E-state index contributed by atoms with van der Waals surface area (Å²) in [5, 5.41) is 0. The van der Waals surface area contributed by atoms with Gasteiger partial charge in [0.15, 0.2) is 0 Å². The van der Waals surface area contributed by atoms with Crippen molar-refractivity contribution in [3.05, 3.63) is 52.6 Å². The lowest BCUT2D eigenvalue weighted by Crippen LogP contribution is -2.15. The topological polar surface area (TPSA) is 26.0 Å². The molecule has 2 aliphatic carbocycles. The molecular weight excluding hydrogens is 194 g/mol. The Morgan fingerprint density at radius 1 is 1.31 bits per heavy atom. The number of allylic oxidation sites excluding steroid dienone is 4. The Labute approximate surface area is 96.7 Å². The Hall–Kier alpha value is -1.50. The highest BCUT2D eigenvalue weighted by atomic mass is 14.6. The zero-order valence-electron chi connectivity index (χ0n) is 9.66. The molecule has 1 aromatic rings. The first-order valence-electron chi connectivity index (χ1n) is 6.03. The van der Waals surface area contributed by atoms with Gasteiger partial charge in [-0.25, -0.2) is 0 Å². The molecule has 3 rings (SSSR count). The monoisotopic (exact) mass is 211 g/mol. The molecule has 1 unspecified atom stereocenters. The van der Waals surface area contributed by atoms with E-state index in [0.29, 0.717) is 5.92 Å². The van der Waals surface area contributed by atoms with E-state index in [1.807, 2.05) is 6.07 Å². The fourth-order valence-electron chi connectivity index (χ4n) is 3.01. The van der Waals surface area contributed by atoms with Crippen molar-refractivity contribution in [1.82, 2.24) is 0 Å². The lowest BCUT2D eigenvalue weighted by molar-refractivity contribution is 0.747. The number of anilines is 1. The van der Waals surface area contributed by atoms with E-state index >= 15 is 0 Å². The van der Waals surface area contributed by atoms with Gasteiger partial charge in [-0.05, 0) is 42.0 Å². The molecule has 0 heterocycles. The Kier molecular flexibility index (Phi) is 2.13. The van der Waals surface area contributed by atoms with Gasteiger partial charge in [0.1, 0.15) is 0 Å². The van der Waals surface area contributed by atoms with Gasteiger partial charge in [0.2, 0.25) is 0 Å². The molecule has 0 aliphatic heterocycles. The summed E-state index contributed by atoms with van der Waals surface area (Å²) in [6.45, 7) is 2.31. The number of benzene rings is 1. The average molecular weight is 211 g/mol. The van der Waals surface area contributed by atoms with Crippen molar-refractivity contribution < 1.29 is 0 Å². The third kappa shape index (κ3) is 1.31. The highest BCUT2D eigenvalue weighted by molar-refractivity contribution is 5.59. The first-order chi connectivity index (χ1) is 7.77. The van der Waals surface area contributed by atoms with Crippen LogP contribution in [-0.4, -0.2) is 0 Å². The standard InChI is InChI=1S/C15H17N/c1-10-12-6-3-2-5-11(12)9-14-13(10)7-4-8-15(14)16/h2,4-5,7-8,10H,3,6,9,16H2,1H3. The number of hydrogen-bond acceptors (Lipinski definition) is 1. The molecule has 0 saturated carbocycles. The molecule has 0 radical (unpaired) electrons. The van der Waals surface area contributed by atoms with Gasteiger partial charge in [0.25, 0.3) is 0 Å². The van der Waals surface area contributed by atoms with E-state index < -0.39 is 0 Å². The molecule has 16 heavy (non-hydrogen) atoms. The minimum Gasteiger partial charge on any atom is -0.398 e. The van der Waals surface area contributed by atoms with Crippen molar-refractivity contribution in [3.63, 3.8) is 0 Å². The third-order valence-electron chi connectivity index (χ3n) is 3.92. The fraction of sp³-hybridized carbons (Fsp3) is 0.333. The summed E-state index contributed by atoms with van der Waals surface area (Å²) >= 11 is 0. The Balaban J connectivity index is 2.14. The van der Waals surface area contributed by atoms with Crippen molar-refractivity contribution in [2.24, 2.45) is 0 Å². The number of hydrogen-bond donors (Lipinski definition) is 1. The van der Waals surface area contributed by atoms with E-state index in [9.17, 15) is 0 Å². The second-order valence-electron chi connectivity index (χ2n) is 4.81. The molecule has 0 amide bonds.